The van der Waals surface area contributed by atoms with E-state index in [2.05, 4.69) is 28.5 Å². The van der Waals surface area contributed by atoms with Gasteiger partial charge in [-0.25, -0.2) is 0 Å². The average Bonchev–Trinajstić information content (AvgIpc) is 2.69. The summed E-state index contributed by atoms with van der Waals surface area (Å²) >= 11 is 0. The number of amides is 2. The number of piperidine rings is 1. The van der Waals surface area contributed by atoms with Crippen LogP contribution in [-0.2, 0) is 11.3 Å². The Balaban J connectivity index is 1.38. The quantitative estimate of drug-likeness (QED) is 0.827. The van der Waals surface area contributed by atoms with Gasteiger partial charge >= 0.3 is 0 Å². The van der Waals surface area contributed by atoms with Gasteiger partial charge in [0.1, 0.15) is 0 Å². The molecule has 5 nitrogen and oxygen atoms in total. The number of carbonyl (C=O) groups excluding carboxylic acids is 2. The van der Waals surface area contributed by atoms with E-state index in [0.717, 1.165) is 31.5 Å². The normalized spacial score (nSPS) is 15.3. The van der Waals surface area contributed by atoms with Crippen LogP contribution in [0.2, 0.25) is 0 Å². The van der Waals surface area contributed by atoms with E-state index in [0.29, 0.717) is 18.7 Å². The lowest BCUT2D eigenvalue weighted by Gasteiger charge is -2.31. The fourth-order valence-corrected chi connectivity index (χ4v) is 3.35. The van der Waals surface area contributed by atoms with Gasteiger partial charge < -0.3 is 10.6 Å². The van der Waals surface area contributed by atoms with Gasteiger partial charge in [-0.1, -0.05) is 42.5 Å². The predicted octanol–water partition coefficient (Wildman–Crippen LogP) is 2.51. The first kappa shape index (κ1) is 19.1. The Hall–Kier alpha value is -2.66. The van der Waals surface area contributed by atoms with Crippen molar-refractivity contribution < 1.29 is 9.59 Å². The Labute approximate surface area is 160 Å². The van der Waals surface area contributed by atoms with Gasteiger partial charge in [0, 0.05) is 31.2 Å². The number of hydrogen-bond acceptors (Lipinski definition) is 3. The summed E-state index contributed by atoms with van der Waals surface area (Å²) in [6.07, 6.45) is 1.73. The summed E-state index contributed by atoms with van der Waals surface area (Å²) in [7, 11) is 0. The van der Waals surface area contributed by atoms with Gasteiger partial charge in [0.2, 0.25) is 5.91 Å². The summed E-state index contributed by atoms with van der Waals surface area (Å²) in [6, 6.07) is 17.5. The van der Waals surface area contributed by atoms with E-state index in [4.69, 9.17) is 0 Å². The number of hydrogen-bond donors (Lipinski definition) is 2. The van der Waals surface area contributed by atoms with E-state index >= 15 is 0 Å². The van der Waals surface area contributed by atoms with E-state index in [-0.39, 0.29) is 17.9 Å². The van der Waals surface area contributed by atoms with Crippen molar-refractivity contribution in [3.8, 4) is 0 Å². The zero-order valence-electron chi connectivity index (χ0n) is 15.8. The van der Waals surface area contributed by atoms with E-state index < -0.39 is 0 Å². The first-order valence-electron chi connectivity index (χ1n) is 9.51. The Morgan fingerprint density at radius 1 is 1.00 bits per heavy atom. The molecule has 27 heavy (non-hydrogen) atoms. The standard InChI is InChI=1S/C22H27N3O2/c1-17-7-5-6-10-19(17)15-23-21(26)16-25-13-11-20(12-14-25)24-22(27)18-8-3-2-4-9-18/h2-10,20H,11-16H2,1H3,(H,23,26)(H,24,27). The van der Waals surface area contributed by atoms with Crippen molar-refractivity contribution in [3.63, 3.8) is 0 Å². The lowest BCUT2D eigenvalue weighted by atomic mass is 10.0. The zero-order chi connectivity index (χ0) is 19.1. The molecule has 2 aromatic carbocycles. The van der Waals surface area contributed by atoms with Gasteiger partial charge in [0.15, 0.2) is 0 Å². The van der Waals surface area contributed by atoms with E-state index in [1.54, 1.807) is 0 Å². The van der Waals surface area contributed by atoms with Gasteiger partial charge in [-0.2, -0.15) is 0 Å². The molecule has 0 spiro atoms. The molecule has 2 aromatic rings. The number of rotatable bonds is 6. The van der Waals surface area contributed by atoms with Crippen molar-refractivity contribution in [2.24, 2.45) is 0 Å². The molecule has 1 aliphatic rings. The monoisotopic (exact) mass is 365 g/mol. The van der Waals surface area contributed by atoms with Crippen LogP contribution in [0.25, 0.3) is 0 Å². The van der Waals surface area contributed by atoms with Crippen molar-refractivity contribution >= 4 is 11.8 Å². The van der Waals surface area contributed by atoms with Gasteiger partial charge in [-0.3, -0.25) is 14.5 Å². The summed E-state index contributed by atoms with van der Waals surface area (Å²) in [6.45, 7) is 4.66. The Kier molecular flexibility index (Phi) is 6.60. The highest BCUT2D eigenvalue weighted by molar-refractivity contribution is 5.94. The van der Waals surface area contributed by atoms with Crippen molar-refractivity contribution in [1.29, 1.82) is 0 Å². The fourth-order valence-electron chi connectivity index (χ4n) is 3.35. The molecule has 5 heteroatoms. The molecule has 1 aliphatic heterocycles. The van der Waals surface area contributed by atoms with E-state index in [1.165, 1.54) is 5.56 Å². The molecule has 1 saturated heterocycles. The minimum absolute atomic E-state index is 0.0231. The molecule has 1 heterocycles. The van der Waals surface area contributed by atoms with Crippen molar-refractivity contribution in [2.45, 2.75) is 32.4 Å². The first-order chi connectivity index (χ1) is 13.1. The van der Waals surface area contributed by atoms with Gasteiger partial charge in [0.05, 0.1) is 6.54 Å². The third kappa shape index (κ3) is 5.66. The fraction of sp³-hybridized carbons (Fsp3) is 0.364. The Morgan fingerprint density at radius 3 is 2.37 bits per heavy atom. The minimum atomic E-state index is -0.0231. The topological polar surface area (TPSA) is 61.4 Å². The Morgan fingerprint density at radius 2 is 1.67 bits per heavy atom. The molecule has 142 valence electrons. The lowest BCUT2D eigenvalue weighted by Crippen LogP contribution is -2.47. The maximum absolute atomic E-state index is 12.2. The smallest absolute Gasteiger partial charge is 0.251 e. The largest absolute Gasteiger partial charge is 0.351 e. The van der Waals surface area contributed by atoms with Crippen LogP contribution in [0.1, 0.15) is 34.3 Å². The molecular formula is C22H27N3O2. The second kappa shape index (κ2) is 9.33. The third-order valence-electron chi connectivity index (χ3n) is 5.06. The first-order valence-corrected chi connectivity index (χ1v) is 9.51. The molecule has 0 radical (unpaired) electrons. The predicted molar refractivity (Wildman–Crippen MR) is 106 cm³/mol. The van der Waals surface area contributed by atoms with Crippen LogP contribution < -0.4 is 10.6 Å². The SMILES string of the molecule is Cc1ccccc1CNC(=O)CN1CCC(NC(=O)c2ccccc2)CC1. The van der Waals surface area contributed by atoms with Crippen LogP contribution in [0.5, 0.6) is 0 Å². The van der Waals surface area contributed by atoms with Crippen LogP contribution in [0, 0.1) is 6.92 Å². The molecule has 3 rings (SSSR count). The zero-order valence-corrected chi connectivity index (χ0v) is 15.8. The van der Waals surface area contributed by atoms with Crippen LogP contribution in [0.15, 0.2) is 54.6 Å². The van der Waals surface area contributed by atoms with Crippen LogP contribution >= 0.6 is 0 Å². The highest BCUT2D eigenvalue weighted by Crippen LogP contribution is 2.11. The summed E-state index contributed by atoms with van der Waals surface area (Å²) < 4.78 is 0. The summed E-state index contributed by atoms with van der Waals surface area (Å²) in [4.78, 5) is 26.6. The average molecular weight is 365 g/mol. The highest BCUT2D eigenvalue weighted by Gasteiger charge is 2.22. The summed E-state index contributed by atoms with van der Waals surface area (Å²) in [5, 5.41) is 6.10. The van der Waals surface area contributed by atoms with Crippen molar-refractivity contribution in [3.05, 3.63) is 71.3 Å². The number of nitrogens with one attached hydrogen (secondary N) is 2. The van der Waals surface area contributed by atoms with Crippen LogP contribution in [-0.4, -0.2) is 42.4 Å². The molecule has 0 atom stereocenters. The maximum atomic E-state index is 12.2. The van der Waals surface area contributed by atoms with Gasteiger partial charge in [-0.05, 0) is 43.0 Å². The maximum Gasteiger partial charge on any atom is 0.251 e. The molecule has 0 aliphatic carbocycles. The van der Waals surface area contributed by atoms with Gasteiger partial charge in [-0.15, -0.1) is 0 Å². The molecule has 1 fully saturated rings. The third-order valence-corrected chi connectivity index (χ3v) is 5.06. The molecule has 0 aromatic heterocycles. The summed E-state index contributed by atoms with van der Waals surface area (Å²) in [5.74, 6) is 0.0232. The minimum Gasteiger partial charge on any atom is -0.351 e. The molecule has 0 saturated carbocycles. The lowest BCUT2D eigenvalue weighted by molar-refractivity contribution is -0.122. The van der Waals surface area contributed by atoms with Crippen LogP contribution in [0.4, 0.5) is 0 Å². The number of likely N-dealkylation sites (tertiary alicyclic amines) is 1. The second-order valence-electron chi connectivity index (χ2n) is 7.09. The molecule has 0 unspecified atom stereocenters. The van der Waals surface area contributed by atoms with E-state index in [9.17, 15) is 9.59 Å². The number of aryl methyl sites for hydroxylation is 1. The molecule has 2 N–H and O–H groups in total. The van der Waals surface area contributed by atoms with E-state index in [1.807, 2.05) is 48.5 Å². The number of nitrogens with zero attached hydrogens (tertiary/aromatic N) is 1. The highest BCUT2D eigenvalue weighted by atomic mass is 16.2. The van der Waals surface area contributed by atoms with Crippen LogP contribution in [0.3, 0.4) is 0 Å². The second-order valence-corrected chi connectivity index (χ2v) is 7.09. The Bertz CT molecular complexity index is 768. The van der Waals surface area contributed by atoms with Crippen molar-refractivity contribution in [1.82, 2.24) is 15.5 Å². The van der Waals surface area contributed by atoms with Gasteiger partial charge in [0.25, 0.3) is 5.91 Å². The van der Waals surface area contributed by atoms with Crippen molar-refractivity contribution in [2.75, 3.05) is 19.6 Å². The number of carbonyl (C=O) groups is 2. The molecule has 0 bridgehead atoms. The number of benzene rings is 2. The summed E-state index contributed by atoms with van der Waals surface area (Å²) in [5.41, 5.74) is 3.02. The molecular weight excluding hydrogens is 338 g/mol. The molecule has 2 amide bonds.